The Balaban J connectivity index is 2.67. The van der Waals surface area contributed by atoms with Gasteiger partial charge >= 0.3 is 0 Å². The van der Waals surface area contributed by atoms with Crippen LogP contribution >= 0.6 is 0 Å². The van der Waals surface area contributed by atoms with Gasteiger partial charge in [-0.05, 0) is 12.5 Å². The molecule has 0 radical (unpaired) electrons. The molecule has 2 rings (SSSR count). The van der Waals surface area contributed by atoms with Gasteiger partial charge in [0.1, 0.15) is 5.69 Å². The number of nitrogens with one attached hydrogen (secondary N) is 1. The summed E-state index contributed by atoms with van der Waals surface area (Å²) in [5.74, 6) is 0. The van der Waals surface area contributed by atoms with E-state index in [1.807, 2.05) is 6.92 Å². The summed E-state index contributed by atoms with van der Waals surface area (Å²) in [5.41, 5.74) is 0.168. The Morgan fingerprint density at radius 3 is 2.81 bits per heavy atom. The molecule has 0 atom stereocenters. The van der Waals surface area contributed by atoms with Gasteiger partial charge in [0.2, 0.25) is 0 Å². The van der Waals surface area contributed by atoms with Crippen molar-refractivity contribution in [1.29, 1.82) is 0 Å². The zero-order valence-electron chi connectivity index (χ0n) is 11.6. The molecule has 1 aromatic heterocycles. The van der Waals surface area contributed by atoms with E-state index in [0.29, 0.717) is 17.7 Å². The van der Waals surface area contributed by atoms with Crippen molar-refractivity contribution in [2.45, 2.75) is 13.3 Å². The highest BCUT2D eigenvalue weighted by molar-refractivity contribution is 5.87. The van der Waals surface area contributed by atoms with E-state index in [9.17, 15) is 14.9 Å². The Morgan fingerprint density at radius 1 is 1.43 bits per heavy atom. The lowest BCUT2D eigenvalue weighted by molar-refractivity contribution is -0.384. The number of aliphatic hydroxyl groups is 1. The summed E-state index contributed by atoms with van der Waals surface area (Å²) in [6.07, 6.45) is 2.04. The molecule has 21 heavy (non-hydrogen) atoms. The lowest BCUT2D eigenvalue weighted by atomic mass is 10.1. The van der Waals surface area contributed by atoms with E-state index in [2.05, 4.69) is 9.97 Å². The van der Waals surface area contributed by atoms with Crippen molar-refractivity contribution < 1.29 is 10.0 Å². The van der Waals surface area contributed by atoms with Gasteiger partial charge in [0, 0.05) is 19.2 Å². The number of fused-ring (bicyclic) bond motifs is 1. The van der Waals surface area contributed by atoms with Crippen molar-refractivity contribution in [2.75, 3.05) is 24.6 Å². The second-order valence-corrected chi connectivity index (χ2v) is 4.56. The van der Waals surface area contributed by atoms with Gasteiger partial charge in [0.25, 0.3) is 11.2 Å². The third-order valence-electron chi connectivity index (χ3n) is 3.14. The molecule has 8 nitrogen and oxygen atoms in total. The number of anilines is 1. The largest absolute Gasteiger partial charge is 0.395 e. The number of benzene rings is 1. The number of hydrogen-bond acceptors (Lipinski definition) is 6. The van der Waals surface area contributed by atoms with Crippen LogP contribution in [0, 0.1) is 10.1 Å². The number of nitro groups is 1. The predicted octanol–water partition coefficient (Wildman–Crippen LogP) is 1.04. The molecule has 2 aromatic rings. The Hall–Kier alpha value is -2.48. The van der Waals surface area contributed by atoms with Gasteiger partial charge < -0.3 is 15.0 Å². The summed E-state index contributed by atoms with van der Waals surface area (Å²) >= 11 is 0. The molecule has 0 fully saturated rings. The lowest BCUT2D eigenvalue weighted by Gasteiger charge is -2.23. The monoisotopic (exact) mass is 292 g/mol. The first-order valence-corrected chi connectivity index (χ1v) is 6.60. The van der Waals surface area contributed by atoms with Crippen LogP contribution < -0.4 is 10.5 Å². The minimum absolute atomic E-state index is 0.113. The van der Waals surface area contributed by atoms with E-state index in [1.165, 1.54) is 18.5 Å². The van der Waals surface area contributed by atoms with Gasteiger partial charge in [-0.25, -0.2) is 4.98 Å². The van der Waals surface area contributed by atoms with Crippen LogP contribution in [0.5, 0.6) is 0 Å². The Labute approximate surface area is 120 Å². The fourth-order valence-corrected chi connectivity index (χ4v) is 2.24. The Bertz CT molecular complexity index is 707. The van der Waals surface area contributed by atoms with Crippen molar-refractivity contribution in [3.63, 3.8) is 0 Å². The van der Waals surface area contributed by atoms with Gasteiger partial charge in [-0.1, -0.05) is 6.92 Å². The van der Waals surface area contributed by atoms with Gasteiger partial charge in [0.05, 0.1) is 28.8 Å². The summed E-state index contributed by atoms with van der Waals surface area (Å²) < 4.78 is 0. The van der Waals surface area contributed by atoms with Crippen molar-refractivity contribution in [3.05, 3.63) is 38.9 Å². The van der Waals surface area contributed by atoms with Crippen LogP contribution in [0.3, 0.4) is 0 Å². The van der Waals surface area contributed by atoms with Gasteiger partial charge in [-0.15, -0.1) is 0 Å². The summed E-state index contributed by atoms with van der Waals surface area (Å²) in [5, 5.41) is 20.6. The van der Waals surface area contributed by atoms with Gasteiger partial charge in [-0.2, -0.15) is 0 Å². The minimum Gasteiger partial charge on any atom is -0.395 e. The zero-order chi connectivity index (χ0) is 15.4. The molecule has 1 heterocycles. The first kappa shape index (κ1) is 14.9. The summed E-state index contributed by atoms with van der Waals surface area (Å²) in [7, 11) is 0. The molecule has 0 saturated carbocycles. The molecule has 0 aliphatic heterocycles. The fraction of sp³-hybridized carbons (Fsp3) is 0.385. The van der Waals surface area contributed by atoms with Gasteiger partial charge in [0.15, 0.2) is 0 Å². The number of aromatic amines is 1. The molecule has 112 valence electrons. The van der Waals surface area contributed by atoms with Crippen molar-refractivity contribution in [3.8, 4) is 0 Å². The Morgan fingerprint density at radius 2 is 2.19 bits per heavy atom. The van der Waals surface area contributed by atoms with E-state index in [-0.39, 0.29) is 24.2 Å². The second kappa shape index (κ2) is 6.31. The molecule has 0 aliphatic rings. The smallest absolute Gasteiger partial charge is 0.293 e. The molecule has 0 saturated heterocycles. The van der Waals surface area contributed by atoms with Crippen LogP contribution in [0.25, 0.3) is 10.9 Å². The molecule has 0 spiro atoms. The maximum absolute atomic E-state index is 11.7. The van der Waals surface area contributed by atoms with Crippen LogP contribution in [0.1, 0.15) is 13.3 Å². The third kappa shape index (κ3) is 3.00. The minimum atomic E-state index is -0.527. The van der Waals surface area contributed by atoms with Crippen molar-refractivity contribution in [1.82, 2.24) is 9.97 Å². The highest BCUT2D eigenvalue weighted by Crippen LogP contribution is 2.31. The van der Waals surface area contributed by atoms with Gasteiger partial charge in [-0.3, -0.25) is 14.9 Å². The maximum atomic E-state index is 11.7. The summed E-state index contributed by atoms with van der Waals surface area (Å²) in [4.78, 5) is 30.6. The first-order chi connectivity index (χ1) is 10.1. The van der Waals surface area contributed by atoms with Crippen molar-refractivity contribution in [2.24, 2.45) is 0 Å². The third-order valence-corrected chi connectivity index (χ3v) is 3.14. The normalized spacial score (nSPS) is 10.8. The number of nitrogens with zero attached hydrogens (tertiary/aromatic N) is 3. The van der Waals surface area contributed by atoms with Crippen LogP contribution in [0.15, 0.2) is 23.3 Å². The average Bonchev–Trinajstić information content (AvgIpc) is 2.46. The van der Waals surface area contributed by atoms with Crippen LogP contribution in [-0.4, -0.2) is 39.7 Å². The number of H-pyrrole nitrogens is 1. The van der Waals surface area contributed by atoms with E-state index < -0.39 is 10.5 Å². The molecular formula is C13H16N4O4. The molecule has 8 heteroatoms. The standard InChI is InChI=1S/C13H16N4O4/c1-2-3-16(4-5-18)11-7-10-9(6-12(11)17(20)21)13(19)15-8-14-10/h6-8,18H,2-5H2,1H3,(H,14,15,19). The quantitative estimate of drug-likeness (QED) is 0.607. The van der Waals surface area contributed by atoms with E-state index in [4.69, 9.17) is 5.11 Å². The zero-order valence-corrected chi connectivity index (χ0v) is 11.6. The molecule has 0 unspecified atom stereocenters. The van der Waals surface area contributed by atoms with E-state index in [1.54, 1.807) is 4.90 Å². The maximum Gasteiger partial charge on any atom is 0.293 e. The SMILES string of the molecule is CCCN(CCO)c1cc2nc[nH]c(=O)c2cc1[N+](=O)[O-]. The summed E-state index contributed by atoms with van der Waals surface area (Å²) in [6.45, 7) is 2.68. The number of nitro benzene ring substituents is 1. The Kier molecular flexibility index (Phi) is 4.49. The number of aliphatic hydroxyl groups excluding tert-OH is 1. The predicted molar refractivity (Wildman–Crippen MR) is 78.6 cm³/mol. The van der Waals surface area contributed by atoms with Crippen LogP contribution in [0.2, 0.25) is 0 Å². The lowest BCUT2D eigenvalue weighted by Crippen LogP contribution is -2.28. The van der Waals surface area contributed by atoms with Crippen LogP contribution in [-0.2, 0) is 0 Å². The average molecular weight is 292 g/mol. The molecular weight excluding hydrogens is 276 g/mol. The second-order valence-electron chi connectivity index (χ2n) is 4.56. The van der Waals surface area contributed by atoms with E-state index >= 15 is 0 Å². The highest BCUT2D eigenvalue weighted by atomic mass is 16.6. The summed E-state index contributed by atoms with van der Waals surface area (Å²) in [6, 6.07) is 2.75. The molecule has 1 aromatic carbocycles. The van der Waals surface area contributed by atoms with E-state index in [0.717, 1.165) is 6.42 Å². The highest BCUT2D eigenvalue weighted by Gasteiger charge is 2.21. The molecule has 0 bridgehead atoms. The molecule has 0 aliphatic carbocycles. The number of hydrogen-bond donors (Lipinski definition) is 2. The topological polar surface area (TPSA) is 112 Å². The van der Waals surface area contributed by atoms with Crippen molar-refractivity contribution >= 4 is 22.3 Å². The van der Waals surface area contributed by atoms with Crippen LogP contribution in [0.4, 0.5) is 11.4 Å². The fourth-order valence-electron chi connectivity index (χ4n) is 2.24. The number of aromatic nitrogens is 2. The number of rotatable bonds is 6. The molecule has 2 N–H and O–H groups in total. The first-order valence-electron chi connectivity index (χ1n) is 6.60. The molecule has 0 amide bonds.